The Hall–Kier alpha value is -1.91. The van der Waals surface area contributed by atoms with E-state index in [1.54, 1.807) is 19.2 Å². The van der Waals surface area contributed by atoms with E-state index < -0.39 is 0 Å². The van der Waals surface area contributed by atoms with E-state index in [2.05, 4.69) is 5.32 Å². The first kappa shape index (κ1) is 15.5. The van der Waals surface area contributed by atoms with Crippen molar-refractivity contribution in [3.8, 4) is 0 Å². The third-order valence-corrected chi connectivity index (χ3v) is 4.31. The summed E-state index contributed by atoms with van der Waals surface area (Å²) in [5, 5.41) is 2.90. The van der Waals surface area contributed by atoms with Gasteiger partial charge < -0.3 is 10.2 Å². The molecule has 0 heterocycles. The highest BCUT2D eigenvalue weighted by Gasteiger charge is 2.38. The van der Waals surface area contributed by atoms with Crippen LogP contribution in [0.25, 0.3) is 0 Å². The summed E-state index contributed by atoms with van der Waals surface area (Å²) in [6, 6.07) is 6.51. The van der Waals surface area contributed by atoms with Gasteiger partial charge in [0.25, 0.3) is 0 Å². The lowest BCUT2D eigenvalue weighted by Gasteiger charge is -2.42. The molecule has 0 bridgehead atoms. The average molecular weight is 292 g/mol. The summed E-state index contributed by atoms with van der Waals surface area (Å²) in [6.07, 6.45) is 3.09. The van der Waals surface area contributed by atoms with E-state index >= 15 is 0 Å². The molecule has 2 rings (SSSR count). The van der Waals surface area contributed by atoms with E-state index in [0.29, 0.717) is 6.54 Å². The number of hydrogen-bond acceptors (Lipinski definition) is 2. The highest BCUT2D eigenvalue weighted by atomic mass is 19.1. The molecule has 0 radical (unpaired) electrons. The molecule has 1 aliphatic carbocycles. The summed E-state index contributed by atoms with van der Waals surface area (Å²) in [6.45, 7) is 2.03. The number of rotatable bonds is 5. The van der Waals surface area contributed by atoms with Crippen molar-refractivity contribution in [3.63, 3.8) is 0 Å². The molecule has 1 aromatic rings. The first-order valence-corrected chi connectivity index (χ1v) is 7.17. The maximum absolute atomic E-state index is 13.0. The Balaban J connectivity index is 1.95. The van der Waals surface area contributed by atoms with Crippen LogP contribution in [0.3, 0.4) is 0 Å². The third-order valence-electron chi connectivity index (χ3n) is 4.31. The lowest BCUT2D eigenvalue weighted by atomic mass is 9.64. The molecule has 0 saturated heterocycles. The minimum Gasteiger partial charge on any atom is -0.354 e. The minimum absolute atomic E-state index is 0.0643. The fourth-order valence-corrected chi connectivity index (χ4v) is 2.62. The summed E-state index contributed by atoms with van der Waals surface area (Å²) in [4.78, 5) is 24.4. The standard InChI is InChI=1S/C16H21FN2O2/c1-12(20)19(2)10-15(21)18-11-16(8-3-9-16)13-4-6-14(17)7-5-13/h4-7H,3,8-11H2,1-2H3,(H,18,21). The minimum atomic E-state index is -0.250. The molecule has 0 aliphatic heterocycles. The van der Waals surface area contributed by atoms with Crippen LogP contribution < -0.4 is 5.32 Å². The molecule has 21 heavy (non-hydrogen) atoms. The summed E-state index contributed by atoms with van der Waals surface area (Å²) in [7, 11) is 1.60. The van der Waals surface area contributed by atoms with Gasteiger partial charge in [-0.05, 0) is 30.5 Å². The van der Waals surface area contributed by atoms with Crippen LogP contribution in [0.5, 0.6) is 0 Å². The fraction of sp³-hybridized carbons (Fsp3) is 0.500. The Kier molecular flexibility index (Phi) is 4.60. The van der Waals surface area contributed by atoms with Gasteiger partial charge in [0, 0.05) is 25.9 Å². The molecular weight excluding hydrogens is 271 g/mol. The van der Waals surface area contributed by atoms with Gasteiger partial charge in [-0.1, -0.05) is 18.6 Å². The molecule has 0 atom stereocenters. The second-order valence-corrected chi connectivity index (χ2v) is 5.79. The fourth-order valence-electron chi connectivity index (χ4n) is 2.62. The largest absolute Gasteiger partial charge is 0.354 e. The molecule has 1 N–H and O–H groups in total. The Morgan fingerprint density at radius 1 is 1.29 bits per heavy atom. The van der Waals surface area contributed by atoms with E-state index in [1.165, 1.54) is 24.0 Å². The molecule has 1 aromatic carbocycles. The van der Waals surface area contributed by atoms with Gasteiger partial charge in [-0.3, -0.25) is 9.59 Å². The summed E-state index contributed by atoms with van der Waals surface area (Å²) < 4.78 is 13.0. The molecule has 5 heteroatoms. The van der Waals surface area contributed by atoms with Crippen LogP contribution in [0.2, 0.25) is 0 Å². The first-order valence-electron chi connectivity index (χ1n) is 7.17. The molecule has 0 spiro atoms. The Labute approximate surface area is 124 Å². The van der Waals surface area contributed by atoms with E-state index in [4.69, 9.17) is 0 Å². The first-order chi connectivity index (χ1) is 9.93. The Morgan fingerprint density at radius 2 is 1.90 bits per heavy atom. The number of hydrogen-bond donors (Lipinski definition) is 1. The summed E-state index contributed by atoms with van der Waals surface area (Å²) in [5.41, 5.74) is 0.980. The molecule has 1 aliphatic rings. The number of nitrogens with zero attached hydrogens (tertiary/aromatic N) is 1. The van der Waals surface area contributed by atoms with Gasteiger partial charge in [0.1, 0.15) is 5.82 Å². The molecule has 114 valence electrons. The SMILES string of the molecule is CC(=O)N(C)CC(=O)NCC1(c2ccc(F)cc2)CCC1. The van der Waals surface area contributed by atoms with Gasteiger partial charge in [-0.2, -0.15) is 0 Å². The van der Waals surface area contributed by atoms with Crippen LogP contribution in [0, 0.1) is 5.82 Å². The number of nitrogens with one attached hydrogen (secondary N) is 1. The van der Waals surface area contributed by atoms with Crippen LogP contribution in [0.15, 0.2) is 24.3 Å². The quantitative estimate of drug-likeness (QED) is 0.900. The van der Waals surface area contributed by atoms with Gasteiger partial charge in [-0.25, -0.2) is 4.39 Å². The van der Waals surface area contributed by atoms with Crippen LogP contribution in [0.4, 0.5) is 4.39 Å². The van der Waals surface area contributed by atoms with E-state index in [9.17, 15) is 14.0 Å². The highest BCUT2D eigenvalue weighted by Crippen LogP contribution is 2.43. The highest BCUT2D eigenvalue weighted by molar-refractivity contribution is 5.83. The maximum Gasteiger partial charge on any atom is 0.239 e. The van der Waals surface area contributed by atoms with Gasteiger partial charge in [-0.15, -0.1) is 0 Å². The van der Waals surface area contributed by atoms with Gasteiger partial charge in [0.15, 0.2) is 0 Å². The van der Waals surface area contributed by atoms with Crippen LogP contribution in [0.1, 0.15) is 31.7 Å². The van der Waals surface area contributed by atoms with Crippen molar-refractivity contribution in [1.29, 1.82) is 0 Å². The number of likely N-dealkylation sites (N-methyl/N-ethyl adjacent to an activating group) is 1. The van der Waals surface area contributed by atoms with Crippen molar-refractivity contribution in [2.75, 3.05) is 20.1 Å². The van der Waals surface area contributed by atoms with Crippen molar-refractivity contribution < 1.29 is 14.0 Å². The van der Waals surface area contributed by atoms with E-state index in [1.807, 2.05) is 0 Å². The molecular formula is C16H21FN2O2. The number of halogens is 1. The number of benzene rings is 1. The number of carbonyl (C=O) groups excluding carboxylic acids is 2. The normalized spacial score (nSPS) is 16.0. The van der Waals surface area contributed by atoms with Crippen molar-refractivity contribution in [2.45, 2.75) is 31.6 Å². The van der Waals surface area contributed by atoms with Gasteiger partial charge in [0.2, 0.25) is 11.8 Å². The van der Waals surface area contributed by atoms with Crippen LogP contribution in [-0.4, -0.2) is 36.9 Å². The zero-order chi connectivity index (χ0) is 15.5. The number of amides is 2. The van der Waals surface area contributed by atoms with Crippen LogP contribution >= 0.6 is 0 Å². The summed E-state index contributed by atoms with van der Waals surface area (Å²) >= 11 is 0. The molecule has 1 fully saturated rings. The molecule has 4 nitrogen and oxygen atoms in total. The number of carbonyl (C=O) groups is 2. The predicted octanol–water partition coefficient (Wildman–Crippen LogP) is 1.84. The van der Waals surface area contributed by atoms with Crippen LogP contribution in [-0.2, 0) is 15.0 Å². The second-order valence-electron chi connectivity index (χ2n) is 5.79. The lowest BCUT2D eigenvalue weighted by molar-refractivity contribution is -0.133. The molecule has 0 unspecified atom stereocenters. The average Bonchev–Trinajstić information content (AvgIpc) is 2.39. The van der Waals surface area contributed by atoms with E-state index in [-0.39, 0.29) is 29.6 Å². The van der Waals surface area contributed by atoms with Crippen molar-refractivity contribution >= 4 is 11.8 Å². The van der Waals surface area contributed by atoms with Crippen molar-refractivity contribution in [3.05, 3.63) is 35.6 Å². The maximum atomic E-state index is 13.0. The van der Waals surface area contributed by atoms with Crippen molar-refractivity contribution in [1.82, 2.24) is 10.2 Å². The zero-order valence-electron chi connectivity index (χ0n) is 12.5. The zero-order valence-corrected chi connectivity index (χ0v) is 12.5. The Bertz CT molecular complexity index is 524. The topological polar surface area (TPSA) is 49.4 Å². The van der Waals surface area contributed by atoms with Gasteiger partial charge in [0.05, 0.1) is 6.54 Å². The molecule has 0 aromatic heterocycles. The third kappa shape index (κ3) is 3.60. The smallest absolute Gasteiger partial charge is 0.239 e. The molecule has 1 saturated carbocycles. The second kappa shape index (κ2) is 6.24. The molecule has 2 amide bonds. The van der Waals surface area contributed by atoms with E-state index in [0.717, 1.165) is 24.8 Å². The Morgan fingerprint density at radius 3 is 2.38 bits per heavy atom. The van der Waals surface area contributed by atoms with Crippen molar-refractivity contribution in [2.24, 2.45) is 0 Å². The lowest BCUT2D eigenvalue weighted by Crippen LogP contribution is -2.47. The monoisotopic (exact) mass is 292 g/mol. The van der Waals surface area contributed by atoms with Gasteiger partial charge >= 0.3 is 0 Å². The predicted molar refractivity (Wildman–Crippen MR) is 78.2 cm³/mol. The summed E-state index contributed by atoms with van der Waals surface area (Å²) in [5.74, 6) is -0.552.